The Balaban J connectivity index is 1.56. The van der Waals surface area contributed by atoms with Crippen molar-refractivity contribution in [2.45, 2.75) is 103 Å². The van der Waals surface area contributed by atoms with Crippen LogP contribution in [-0.4, -0.2) is 12.7 Å². The Morgan fingerprint density at radius 3 is 1.89 bits per heavy atom. The van der Waals surface area contributed by atoms with Crippen LogP contribution in [0, 0.1) is 29.6 Å². The Kier molecular flexibility index (Phi) is 11.6. The average molecular weight is 371 g/mol. The van der Waals surface area contributed by atoms with Crippen LogP contribution in [0.4, 0.5) is 0 Å². The molecule has 2 rings (SSSR count). The van der Waals surface area contributed by atoms with E-state index in [4.69, 9.17) is 4.74 Å². The van der Waals surface area contributed by atoms with Crippen LogP contribution in [0.2, 0.25) is 0 Å². The summed E-state index contributed by atoms with van der Waals surface area (Å²) in [5.41, 5.74) is 0. The van der Waals surface area contributed by atoms with Crippen molar-refractivity contribution in [3.05, 3.63) is 24.3 Å². The fourth-order valence-electron chi connectivity index (χ4n) is 4.68. The molecule has 2 aliphatic carbocycles. The van der Waals surface area contributed by atoms with Crippen molar-refractivity contribution in [2.75, 3.05) is 6.61 Å². The van der Waals surface area contributed by atoms with Gasteiger partial charge in [-0.3, -0.25) is 0 Å². The summed E-state index contributed by atoms with van der Waals surface area (Å²) >= 11 is 0. The quantitative estimate of drug-likeness (QED) is 0.302. The van der Waals surface area contributed by atoms with Gasteiger partial charge in [0.05, 0.1) is 6.10 Å². The number of rotatable bonds is 9. The lowest BCUT2D eigenvalue weighted by Crippen LogP contribution is -2.20. The van der Waals surface area contributed by atoms with Crippen LogP contribution >= 0.6 is 0 Å². The third-order valence-corrected chi connectivity index (χ3v) is 6.47. The highest BCUT2D eigenvalue weighted by Crippen LogP contribution is 2.32. The van der Waals surface area contributed by atoms with Gasteiger partial charge >= 0.3 is 0 Å². The first kappa shape index (κ1) is 22.3. The minimum absolute atomic E-state index is 0.500. The molecule has 0 atom stereocenters. The Labute approximate surface area is 169 Å². The van der Waals surface area contributed by atoms with Gasteiger partial charge in [0.25, 0.3) is 0 Å². The molecule has 0 amide bonds. The maximum atomic E-state index is 5.72. The molecule has 2 saturated carbocycles. The molecule has 0 spiro atoms. The fraction of sp³-hybridized carbons (Fsp3) is 0.769. The van der Waals surface area contributed by atoms with Gasteiger partial charge in [-0.05, 0) is 88.2 Å². The summed E-state index contributed by atoms with van der Waals surface area (Å²) in [7, 11) is 0. The molecule has 152 valence electrons. The van der Waals surface area contributed by atoms with Crippen LogP contribution in [-0.2, 0) is 4.74 Å². The molecule has 0 aliphatic heterocycles. The second kappa shape index (κ2) is 14.1. The zero-order chi connectivity index (χ0) is 19.2. The SMILES string of the molecule is CCCCCCC1CCC(/C=C/C#C/C=C/C2CCC(OCC)CC2)CC1. The van der Waals surface area contributed by atoms with E-state index in [0.717, 1.165) is 18.4 Å². The number of unbranched alkanes of at least 4 members (excludes halogenated alkanes) is 3. The Morgan fingerprint density at radius 2 is 1.33 bits per heavy atom. The zero-order valence-corrected chi connectivity index (χ0v) is 17.9. The van der Waals surface area contributed by atoms with Crippen LogP contribution in [0.1, 0.15) is 97.3 Å². The Morgan fingerprint density at radius 1 is 0.741 bits per heavy atom. The highest BCUT2D eigenvalue weighted by molar-refractivity contribution is 5.24. The molecule has 1 heteroatoms. The molecule has 0 aromatic heterocycles. The molecule has 0 aromatic rings. The van der Waals surface area contributed by atoms with Crippen LogP contribution in [0.3, 0.4) is 0 Å². The van der Waals surface area contributed by atoms with E-state index >= 15 is 0 Å². The molecule has 0 heterocycles. The molecule has 0 bridgehead atoms. The van der Waals surface area contributed by atoms with E-state index in [-0.39, 0.29) is 0 Å². The predicted octanol–water partition coefficient (Wildman–Crippen LogP) is 7.47. The molecule has 0 unspecified atom stereocenters. The third kappa shape index (κ3) is 9.66. The molecule has 27 heavy (non-hydrogen) atoms. The summed E-state index contributed by atoms with van der Waals surface area (Å²) in [5, 5.41) is 0. The lowest BCUT2D eigenvalue weighted by Gasteiger charge is -2.26. The van der Waals surface area contributed by atoms with Crippen molar-refractivity contribution in [3.63, 3.8) is 0 Å². The van der Waals surface area contributed by atoms with E-state index in [0.29, 0.717) is 12.0 Å². The summed E-state index contributed by atoms with van der Waals surface area (Å²) < 4.78 is 5.72. The molecule has 0 N–H and O–H groups in total. The van der Waals surface area contributed by atoms with E-state index in [9.17, 15) is 0 Å². The topological polar surface area (TPSA) is 9.23 Å². The van der Waals surface area contributed by atoms with Crippen molar-refractivity contribution in [2.24, 2.45) is 17.8 Å². The summed E-state index contributed by atoms with van der Waals surface area (Å²) in [6.07, 6.45) is 27.0. The van der Waals surface area contributed by atoms with Gasteiger partial charge in [-0.2, -0.15) is 0 Å². The number of allylic oxidation sites excluding steroid dienone is 4. The van der Waals surface area contributed by atoms with Crippen molar-refractivity contribution < 1.29 is 4.74 Å². The van der Waals surface area contributed by atoms with Crippen LogP contribution in [0.25, 0.3) is 0 Å². The molecular formula is C26H42O. The van der Waals surface area contributed by atoms with Crippen LogP contribution < -0.4 is 0 Å². The van der Waals surface area contributed by atoms with Crippen LogP contribution in [0.5, 0.6) is 0 Å². The summed E-state index contributed by atoms with van der Waals surface area (Å²) in [4.78, 5) is 0. The van der Waals surface area contributed by atoms with E-state index in [1.54, 1.807) is 0 Å². The number of hydrogen-bond donors (Lipinski definition) is 0. The van der Waals surface area contributed by atoms with E-state index in [1.807, 2.05) is 0 Å². The summed E-state index contributed by atoms with van der Waals surface area (Å²) in [6.45, 7) is 5.24. The van der Waals surface area contributed by atoms with Gasteiger partial charge in [-0.25, -0.2) is 0 Å². The Bertz CT molecular complexity index is 476. The van der Waals surface area contributed by atoms with Gasteiger partial charge in [-0.1, -0.05) is 63.0 Å². The first-order chi connectivity index (χ1) is 13.3. The molecule has 2 aliphatic rings. The molecule has 2 fully saturated rings. The van der Waals surface area contributed by atoms with Gasteiger partial charge in [0, 0.05) is 6.61 Å². The highest BCUT2D eigenvalue weighted by atomic mass is 16.5. The second-order valence-corrected chi connectivity index (χ2v) is 8.63. The smallest absolute Gasteiger partial charge is 0.0575 e. The number of hydrogen-bond acceptors (Lipinski definition) is 1. The van der Waals surface area contributed by atoms with Crippen molar-refractivity contribution in [1.29, 1.82) is 0 Å². The molecule has 0 radical (unpaired) electrons. The molecule has 0 saturated heterocycles. The van der Waals surface area contributed by atoms with Gasteiger partial charge in [0.15, 0.2) is 0 Å². The molecule has 1 nitrogen and oxygen atoms in total. The van der Waals surface area contributed by atoms with Gasteiger partial charge in [-0.15, -0.1) is 0 Å². The van der Waals surface area contributed by atoms with Crippen molar-refractivity contribution >= 4 is 0 Å². The fourth-order valence-corrected chi connectivity index (χ4v) is 4.68. The standard InChI is InChI=1S/C26H42O/c1-3-5-6-9-12-23-15-17-24(18-16-23)13-10-7-8-11-14-25-19-21-26(22-20-25)27-4-2/h10-11,13-14,23-26H,3-6,9,12,15-22H2,1-2H3/b13-10+,14-11+. The first-order valence-electron chi connectivity index (χ1n) is 11.8. The summed E-state index contributed by atoms with van der Waals surface area (Å²) in [5.74, 6) is 8.90. The lowest BCUT2D eigenvalue weighted by molar-refractivity contribution is 0.0302. The molecular weight excluding hydrogens is 328 g/mol. The maximum Gasteiger partial charge on any atom is 0.0575 e. The van der Waals surface area contributed by atoms with Gasteiger partial charge < -0.3 is 4.74 Å². The van der Waals surface area contributed by atoms with Gasteiger partial charge in [0.2, 0.25) is 0 Å². The van der Waals surface area contributed by atoms with Crippen LogP contribution in [0.15, 0.2) is 24.3 Å². The Hall–Kier alpha value is -1.00. The van der Waals surface area contributed by atoms with Crippen molar-refractivity contribution in [3.8, 4) is 11.8 Å². The lowest BCUT2D eigenvalue weighted by atomic mass is 9.79. The third-order valence-electron chi connectivity index (χ3n) is 6.47. The minimum atomic E-state index is 0.500. The minimum Gasteiger partial charge on any atom is -0.379 e. The zero-order valence-electron chi connectivity index (χ0n) is 17.9. The number of ether oxygens (including phenoxy) is 1. The highest BCUT2D eigenvalue weighted by Gasteiger charge is 2.19. The monoisotopic (exact) mass is 370 g/mol. The predicted molar refractivity (Wildman–Crippen MR) is 118 cm³/mol. The average Bonchev–Trinajstić information content (AvgIpc) is 2.70. The van der Waals surface area contributed by atoms with E-state index < -0.39 is 0 Å². The first-order valence-corrected chi connectivity index (χ1v) is 11.8. The van der Waals surface area contributed by atoms with E-state index in [2.05, 4.69) is 50.0 Å². The summed E-state index contributed by atoms with van der Waals surface area (Å²) in [6, 6.07) is 0. The molecule has 0 aromatic carbocycles. The van der Waals surface area contributed by atoms with Crippen molar-refractivity contribution in [1.82, 2.24) is 0 Å². The van der Waals surface area contributed by atoms with Gasteiger partial charge in [0.1, 0.15) is 0 Å². The normalized spacial score (nSPS) is 29.1. The maximum absolute atomic E-state index is 5.72. The largest absolute Gasteiger partial charge is 0.379 e. The van der Waals surface area contributed by atoms with E-state index in [1.165, 1.54) is 83.5 Å². The second-order valence-electron chi connectivity index (χ2n) is 8.63.